The minimum atomic E-state index is -4.05. The summed E-state index contributed by atoms with van der Waals surface area (Å²) >= 11 is 5.67. The lowest BCUT2D eigenvalue weighted by atomic mass is 10.00. The van der Waals surface area contributed by atoms with Gasteiger partial charge in [-0.15, -0.1) is 12.3 Å². The van der Waals surface area contributed by atoms with Crippen molar-refractivity contribution in [1.82, 2.24) is 10.2 Å². The number of terminal acetylenes is 1. The lowest BCUT2D eigenvalue weighted by molar-refractivity contribution is -0.125. The maximum Gasteiger partial charge on any atom is 0.254 e. The fourth-order valence-electron chi connectivity index (χ4n) is 4.31. The number of nitrogens with one attached hydrogen (secondary N) is 1. The van der Waals surface area contributed by atoms with Crippen molar-refractivity contribution >= 4 is 33.4 Å². The molecule has 0 bridgehead atoms. The Morgan fingerprint density at radius 1 is 1.20 bits per heavy atom. The van der Waals surface area contributed by atoms with Gasteiger partial charge in [0.2, 0.25) is 15.9 Å². The second kappa shape index (κ2) is 9.57. The summed E-state index contributed by atoms with van der Waals surface area (Å²) in [5.74, 6) is -0.661. The number of carbonyl (C=O) groups is 2. The zero-order chi connectivity index (χ0) is 25.5. The average molecular weight is 522 g/mol. The van der Waals surface area contributed by atoms with E-state index in [2.05, 4.69) is 11.2 Å². The second-order valence-corrected chi connectivity index (χ2v) is 10.7. The zero-order valence-electron chi connectivity index (χ0n) is 18.4. The second-order valence-electron chi connectivity index (χ2n) is 8.76. The van der Waals surface area contributed by atoms with Gasteiger partial charge >= 0.3 is 0 Å². The maximum atomic E-state index is 14.6. The van der Waals surface area contributed by atoms with Crippen molar-refractivity contribution in [2.45, 2.75) is 36.2 Å². The van der Waals surface area contributed by atoms with E-state index < -0.39 is 51.5 Å². The van der Waals surface area contributed by atoms with Gasteiger partial charge in [0.25, 0.3) is 5.91 Å². The lowest BCUT2D eigenvalue weighted by Gasteiger charge is -2.27. The fourth-order valence-corrected chi connectivity index (χ4v) is 5.02. The molecule has 0 radical (unpaired) electrons. The molecule has 7 nitrogen and oxygen atoms in total. The number of rotatable bonds is 6. The first-order chi connectivity index (χ1) is 16.5. The van der Waals surface area contributed by atoms with Crippen molar-refractivity contribution in [2.24, 2.45) is 17.0 Å². The number of likely N-dealkylation sites (tertiary alicyclic amines) is 1. The van der Waals surface area contributed by atoms with Crippen molar-refractivity contribution < 1.29 is 26.8 Å². The van der Waals surface area contributed by atoms with E-state index in [4.69, 9.17) is 23.2 Å². The summed E-state index contributed by atoms with van der Waals surface area (Å²) in [6.07, 6.45) is 7.16. The SMILES string of the molecule is C#C[C@@H]1C[C@H](C(=O)N[C@@H](c2cc(F)c(Cl)cc2F)C2CC2)N(C(=O)c2cccc(S(N)(=O)=O)c2)C1. The third kappa shape index (κ3) is 5.32. The molecule has 1 saturated carbocycles. The number of sulfonamides is 1. The van der Waals surface area contributed by atoms with Gasteiger partial charge in [-0.05, 0) is 55.5 Å². The summed E-state index contributed by atoms with van der Waals surface area (Å²) in [4.78, 5) is 27.6. The summed E-state index contributed by atoms with van der Waals surface area (Å²) in [6.45, 7) is 0.0745. The molecule has 2 aliphatic rings. The molecule has 35 heavy (non-hydrogen) atoms. The van der Waals surface area contributed by atoms with Gasteiger partial charge in [0.15, 0.2) is 0 Å². The monoisotopic (exact) mass is 521 g/mol. The summed E-state index contributed by atoms with van der Waals surface area (Å²) in [5, 5.41) is 7.58. The third-order valence-electron chi connectivity index (χ3n) is 6.28. The molecule has 11 heteroatoms. The van der Waals surface area contributed by atoms with Crippen LogP contribution in [0.15, 0.2) is 41.3 Å². The van der Waals surface area contributed by atoms with Crippen LogP contribution in [0, 0.1) is 35.8 Å². The summed E-state index contributed by atoms with van der Waals surface area (Å²) in [5.41, 5.74) is 0.00420. The fraction of sp³-hybridized carbons (Fsp3) is 0.333. The molecule has 184 valence electrons. The van der Waals surface area contributed by atoms with E-state index in [0.717, 1.165) is 31.0 Å². The maximum absolute atomic E-state index is 14.6. The van der Waals surface area contributed by atoms with Crippen LogP contribution < -0.4 is 10.5 Å². The molecule has 2 amide bonds. The first-order valence-corrected chi connectivity index (χ1v) is 12.8. The van der Waals surface area contributed by atoms with Crippen LogP contribution in [0.1, 0.15) is 41.2 Å². The Morgan fingerprint density at radius 2 is 1.91 bits per heavy atom. The number of amides is 2. The standard InChI is InChI=1S/C24H22ClF2N3O4S/c1-2-13-8-21(30(12-13)24(32)15-4-3-5-16(9-15)35(28,33)34)23(31)29-22(14-6-7-14)17-10-20(27)18(25)11-19(17)26/h1,3-5,9-11,13-14,21-22H,6-8,12H2,(H,29,31)(H2,28,33,34)/t13-,21-,22-/m1/s1. The van der Waals surface area contributed by atoms with E-state index in [1.807, 2.05) is 0 Å². The molecule has 0 aromatic heterocycles. The number of hydrogen-bond acceptors (Lipinski definition) is 4. The Kier molecular flexibility index (Phi) is 6.86. The van der Waals surface area contributed by atoms with Gasteiger partial charge in [-0.2, -0.15) is 0 Å². The zero-order valence-corrected chi connectivity index (χ0v) is 20.0. The molecule has 1 aliphatic heterocycles. The first-order valence-electron chi connectivity index (χ1n) is 10.8. The molecule has 1 saturated heterocycles. The molecule has 1 aliphatic carbocycles. The number of primary sulfonamides is 1. The topological polar surface area (TPSA) is 110 Å². The number of nitrogens with two attached hydrogens (primary N) is 1. The predicted octanol–water partition coefficient (Wildman–Crippen LogP) is 3.00. The summed E-state index contributed by atoms with van der Waals surface area (Å²) < 4.78 is 52.1. The van der Waals surface area contributed by atoms with Crippen LogP contribution in [0.5, 0.6) is 0 Å². The smallest absolute Gasteiger partial charge is 0.254 e. The van der Waals surface area contributed by atoms with Crippen molar-refractivity contribution in [2.75, 3.05) is 6.54 Å². The van der Waals surface area contributed by atoms with Crippen LogP contribution in [-0.2, 0) is 14.8 Å². The quantitative estimate of drug-likeness (QED) is 0.450. The van der Waals surface area contributed by atoms with Crippen LogP contribution >= 0.6 is 11.6 Å². The highest BCUT2D eigenvalue weighted by Gasteiger charge is 2.42. The van der Waals surface area contributed by atoms with E-state index in [0.29, 0.717) is 0 Å². The van der Waals surface area contributed by atoms with E-state index in [-0.39, 0.29) is 39.9 Å². The highest BCUT2D eigenvalue weighted by molar-refractivity contribution is 7.89. The molecule has 4 rings (SSSR count). The van der Waals surface area contributed by atoms with Crippen molar-refractivity contribution in [3.05, 3.63) is 64.2 Å². The molecule has 3 atom stereocenters. The molecule has 2 aromatic rings. The van der Waals surface area contributed by atoms with E-state index in [1.165, 1.54) is 23.1 Å². The molecule has 2 aromatic carbocycles. The average Bonchev–Trinajstić information content (AvgIpc) is 3.56. The minimum absolute atomic E-state index is 0.0204. The predicted molar refractivity (Wildman–Crippen MR) is 125 cm³/mol. The molecule has 3 N–H and O–H groups in total. The Hall–Kier alpha value is -3.00. The number of nitrogens with zero attached hydrogens (tertiary/aromatic N) is 1. The highest BCUT2D eigenvalue weighted by Crippen LogP contribution is 2.42. The van der Waals surface area contributed by atoms with Crippen LogP contribution in [0.4, 0.5) is 8.78 Å². The first kappa shape index (κ1) is 25.1. The lowest BCUT2D eigenvalue weighted by Crippen LogP contribution is -2.47. The number of hydrogen-bond donors (Lipinski definition) is 2. The van der Waals surface area contributed by atoms with Crippen molar-refractivity contribution in [3.8, 4) is 12.3 Å². The van der Waals surface area contributed by atoms with Crippen LogP contribution in [0.2, 0.25) is 5.02 Å². The molecular weight excluding hydrogens is 500 g/mol. The van der Waals surface area contributed by atoms with Gasteiger partial charge in [0.05, 0.1) is 16.0 Å². The van der Waals surface area contributed by atoms with Gasteiger partial charge in [-0.25, -0.2) is 22.3 Å². The Bertz CT molecular complexity index is 1340. The summed E-state index contributed by atoms with van der Waals surface area (Å²) in [7, 11) is -4.05. The largest absolute Gasteiger partial charge is 0.347 e. The third-order valence-corrected chi connectivity index (χ3v) is 7.48. The summed E-state index contributed by atoms with van der Waals surface area (Å²) in [6, 6.07) is 5.23. The van der Waals surface area contributed by atoms with Gasteiger partial charge < -0.3 is 10.2 Å². The van der Waals surface area contributed by atoms with E-state index in [1.54, 1.807) is 0 Å². The van der Waals surface area contributed by atoms with E-state index >= 15 is 0 Å². The Labute approximate surface area is 206 Å². The van der Waals surface area contributed by atoms with Crippen LogP contribution in [-0.4, -0.2) is 37.7 Å². The van der Waals surface area contributed by atoms with Gasteiger partial charge in [0, 0.05) is 23.6 Å². The molecular formula is C24H22ClF2N3O4S. The van der Waals surface area contributed by atoms with Gasteiger partial charge in [-0.3, -0.25) is 9.59 Å². The number of halogens is 3. The number of carbonyl (C=O) groups excluding carboxylic acids is 2. The molecule has 2 fully saturated rings. The van der Waals surface area contributed by atoms with Crippen molar-refractivity contribution in [3.63, 3.8) is 0 Å². The molecule has 0 unspecified atom stereocenters. The highest BCUT2D eigenvalue weighted by atomic mass is 35.5. The molecule has 0 spiro atoms. The number of benzene rings is 2. The van der Waals surface area contributed by atoms with E-state index in [9.17, 15) is 26.8 Å². The van der Waals surface area contributed by atoms with Gasteiger partial charge in [-0.1, -0.05) is 17.7 Å². The van der Waals surface area contributed by atoms with Gasteiger partial charge in [0.1, 0.15) is 17.7 Å². The minimum Gasteiger partial charge on any atom is -0.347 e. The van der Waals surface area contributed by atoms with Crippen LogP contribution in [0.3, 0.4) is 0 Å². The Morgan fingerprint density at radius 3 is 2.54 bits per heavy atom. The molecule has 1 heterocycles. The van der Waals surface area contributed by atoms with Crippen LogP contribution in [0.25, 0.3) is 0 Å². The normalized spacial score (nSPS) is 20.8. The Balaban J connectivity index is 1.61. The van der Waals surface area contributed by atoms with Crippen molar-refractivity contribution in [1.29, 1.82) is 0 Å².